The number of benzene rings is 1. The van der Waals surface area contributed by atoms with Crippen LogP contribution in [0.4, 0.5) is 5.69 Å². The molecule has 2 aliphatic heterocycles. The lowest BCUT2D eigenvalue weighted by atomic mass is 10.0. The number of nitrogens with one attached hydrogen (secondary N) is 2. The molecule has 2 N–H and O–H groups in total. The molecule has 1 fully saturated rings. The van der Waals surface area contributed by atoms with Gasteiger partial charge in [0.15, 0.2) is 0 Å². The highest BCUT2D eigenvalue weighted by atomic mass is 16.5. The number of fused-ring (bicyclic) bond motifs is 1. The smallest absolute Gasteiger partial charge is 0.246 e. The molecule has 1 unspecified atom stereocenters. The third kappa shape index (κ3) is 2.01. The molecule has 2 aliphatic rings. The number of amides is 1. The minimum atomic E-state index is -0.294. The summed E-state index contributed by atoms with van der Waals surface area (Å²) >= 11 is 0. The van der Waals surface area contributed by atoms with E-state index in [1.165, 1.54) is 0 Å². The maximum Gasteiger partial charge on any atom is 0.246 e. The summed E-state index contributed by atoms with van der Waals surface area (Å²) in [7, 11) is 3.23. The van der Waals surface area contributed by atoms with Crippen molar-refractivity contribution in [2.45, 2.75) is 6.04 Å². The van der Waals surface area contributed by atoms with E-state index >= 15 is 0 Å². The maximum atomic E-state index is 12.4. The molecular formula is C14H19N3O3. The van der Waals surface area contributed by atoms with Gasteiger partial charge in [0.25, 0.3) is 0 Å². The number of hydrogen-bond donors (Lipinski definition) is 2. The molecule has 0 spiro atoms. The van der Waals surface area contributed by atoms with Crippen LogP contribution in [0.2, 0.25) is 0 Å². The second-order valence-corrected chi connectivity index (χ2v) is 4.94. The molecular weight excluding hydrogens is 258 g/mol. The van der Waals surface area contributed by atoms with E-state index < -0.39 is 0 Å². The zero-order valence-electron chi connectivity index (χ0n) is 11.7. The Bertz CT molecular complexity index is 527. The Morgan fingerprint density at radius 3 is 2.45 bits per heavy atom. The summed E-state index contributed by atoms with van der Waals surface area (Å²) in [5, 5.41) is 6.23. The molecule has 1 saturated heterocycles. The first-order valence-electron chi connectivity index (χ1n) is 6.76. The Labute approximate surface area is 118 Å². The van der Waals surface area contributed by atoms with Gasteiger partial charge < -0.3 is 20.1 Å². The molecule has 108 valence electrons. The van der Waals surface area contributed by atoms with Crippen molar-refractivity contribution in [2.24, 2.45) is 0 Å². The molecule has 0 aromatic heterocycles. The SMILES string of the molecule is COc1ccc(OC)c2c1NC(=O)C2N1CCNCC1. The molecule has 1 aromatic carbocycles. The van der Waals surface area contributed by atoms with Crippen LogP contribution < -0.4 is 20.1 Å². The lowest BCUT2D eigenvalue weighted by Crippen LogP contribution is -2.46. The zero-order valence-corrected chi connectivity index (χ0v) is 11.7. The van der Waals surface area contributed by atoms with E-state index in [1.807, 2.05) is 12.1 Å². The fourth-order valence-corrected chi connectivity index (χ4v) is 2.94. The van der Waals surface area contributed by atoms with Crippen LogP contribution >= 0.6 is 0 Å². The van der Waals surface area contributed by atoms with Gasteiger partial charge in [0.1, 0.15) is 17.5 Å². The molecule has 20 heavy (non-hydrogen) atoms. The second-order valence-electron chi connectivity index (χ2n) is 4.94. The number of methoxy groups -OCH3 is 2. The van der Waals surface area contributed by atoms with Gasteiger partial charge in [-0.3, -0.25) is 9.69 Å². The number of ether oxygens (including phenoxy) is 2. The lowest BCUT2D eigenvalue weighted by molar-refractivity contribution is -0.121. The number of carbonyl (C=O) groups excluding carboxylic acids is 1. The van der Waals surface area contributed by atoms with Crippen LogP contribution in [-0.2, 0) is 4.79 Å². The average Bonchev–Trinajstić information content (AvgIpc) is 2.84. The molecule has 0 aliphatic carbocycles. The van der Waals surface area contributed by atoms with Gasteiger partial charge in [-0.1, -0.05) is 0 Å². The molecule has 6 nitrogen and oxygen atoms in total. The van der Waals surface area contributed by atoms with Crippen molar-refractivity contribution in [1.29, 1.82) is 0 Å². The molecule has 0 radical (unpaired) electrons. The molecule has 1 amide bonds. The Hall–Kier alpha value is -1.79. The first-order chi connectivity index (χ1) is 9.76. The highest BCUT2D eigenvalue weighted by molar-refractivity contribution is 6.05. The summed E-state index contributed by atoms with van der Waals surface area (Å²) < 4.78 is 10.8. The fourth-order valence-electron chi connectivity index (χ4n) is 2.94. The number of nitrogens with zero attached hydrogens (tertiary/aromatic N) is 1. The number of rotatable bonds is 3. The third-order valence-corrected chi connectivity index (χ3v) is 3.89. The van der Waals surface area contributed by atoms with Crippen molar-refractivity contribution >= 4 is 11.6 Å². The summed E-state index contributed by atoms with van der Waals surface area (Å²) in [5.41, 5.74) is 1.62. The van der Waals surface area contributed by atoms with Gasteiger partial charge in [-0.2, -0.15) is 0 Å². The summed E-state index contributed by atoms with van der Waals surface area (Å²) in [5.74, 6) is 1.39. The number of carbonyl (C=O) groups is 1. The van der Waals surface area contributed by atoms with E-state index in [9.17, 15) is 4.79 Å². The highest BCUT2D eigenvalue weighted by Crippen LogP contribution is 2.46. The quantitative estimate of drug-likeness (QED) is 0.847. The van der Waals surface area contributed by atoms with Gasteiger partial charge in [-0.05, 0) is 12.1 Å². The second kappa shape index (κ2) is 5.30. The van der Waals surface area contributed by atoms with Crippen LogP contribution in [0.15, 0.2) is 12.1 Å². The molecule has 1 aromatic rings. The van der Waals surface area contributed by atoms with Crippen molar-refractivity contribution in [3.8, 4) is 11.5 Å². The van der Waals surface area contributed by atoms with Crippen molar-refractivity contribution in [3.05, 3.63) is 17.7 Å². The first kappa shape index (κ1) is 13.2. The molecule has 2 heterocycles. The summed E-state index contributed by atoms with van der Waals surface area (Å²) in [6.07, 6.45) is 0. The van der Waals surface area contributed by atoms with Gasteiger partial charge in [0, 0.05) is 31.7 Å². The van der Waals surface area contributed by atoms with Crippen molar-refractivity contribution < 1.29 is 14.3 Å². The highest BCUT2D eigenvalue weighted by Gasteiger charge is 2.40. The van der Waals surface area contributed by atoms with E-state index in [0.29, 0.717) is 5.75 Å². The zero-order chi connectivity index (χ0) is 14.1. The van der Waals surface area contributed by atoms with Crippen LogP contribution in [-0.4, -0.2) is 51.2 Å². The molecule has 0 bridgehead atoms. The van der Waals surface area contributed by atoms with Gasteiger partial charge in [0.05, 0.1) is 19.9 Å². The monoisotopic (exact) mass is 277 g/mol. The lowest BCUT2D eigenvalue weighted by Gasteiger charge is -2.31. The molecule has 3 rings (SSSR count). The van der Waals surface area contributed by atoms with E-state index in [2.05, 4.69) is 15.5 Å². The minimum absolute atomic E-state index is 0.00954. The largest absolute Gasteiger partial charge is 0.496 e. The van der Waals surface area contributed by atoms with Gasteiger partial charge >= 0.3 is 0 Å². The molecule has 0 saturated carbocycles. The van der Waals surface area contributed by atoms with Crippen LogP contribution in [0.25, 0.3) is 0 Å². The first-order valence-corrected chi connectivity index (χ1v) is 6.76. The van der Waals surface area contributed by atoms with E-state index in [1.54, 1.807) is 14.2 Å². The molecule has 1 atom stereocenters. The Morgan fingerprint density at radius 2 is 1.80 bits per heavy atom. The van der Waals surface area contributed by atoms with Crippen LogP contribution in [0, 0.1) is 0 Å². The van der Waals surface area contributed by atoms with Crippen molar-refractivity contribution in [2.75, 3.05) is 45.7 Å². The van der Waals surface area contributed by atoms with E-state index in [4.69, 9.17) is 9.47 Å². The topological polar surface area (TPSA) is 62.8 Å². The predicted octanol–water partition coefficient (Wildman–Crippen LogP) is 0.602. The Morgan fingerprint density at radius 1 is 1.15 bits per heavy atom. The standard InChI is InChI=1S/C14H19N3O3/c1-19-9-3-4-10(20-2)12-11(9)13(14(18)16-12)17-7-5-15-6-8-17/h3-4,13,15H,5-8H2,1-2H3,(H,16,18). The van der Waals surface area contributed by atoms with E-state index in [0.717, 1.165) is 43.2 Å². The van der Waals surface area contributed by atoms with Gasteiger partial charge in [-0.25, -0.2) is 0 Å². The Balaban J connectivity index is 2.05. The summed E-state index contributed by atoms with van der Waals surface area (Å²) in [4.78, 5) is 14.6. The van der Waals surface area contributed by atoms with Crippen LogP contribution in [0.3, 0.4) is 0 Å². The van der Waals surface area contributed by atoms with Gasteiger partial charge in [-0.15, -0.1) is 0 Å². The summed E-state index contributed by atoms with van der Waals surface area (Å²) in [6.45, 7) is 3.48. The number of anilines is 1. The van der Waals surface area contributed by atoms with Crippen molar-refractivity contribution in [1.82, 2.24) is 10.2 Å². The normalized spacial score (nSPS) is 22.3. The van der Waals surface area contributed by atoms with Crippen LogP contribution in [0.5, 0.6) is 11.5 Å². The van der Waals surface area contributed by atoms with E-state index in [-0.39, 0.29) is 11.9 Å². The maximum absolute atomic E-state index is 12.4. The number of hydrogen-bond acceptors (Lipinski definition) is 5. The number of piperazine rings is 1. The summed E-state index contributed by atoms with van der Waals surface area (Å²) in [6, 6.07) is 3.38. The Kier molecular flexibility index (Phi) is 3.50. The minimum Gasteiger partial charge on any atom is -0.496 e. The van der Waals surface area contributed by atoms with Crippen molar-refractivity contribution in [3.63, 3.8) is 0 Å². The molecule has 6 heteroatoms. The van der Waals surface area contributed by atoms with Gasteiger partial charge in [0.2, 0.25) is 5.91 Å². The third-order valence-electron chi connectivity index (χ3n) is 3.89. The van der Waals surface area contributed by atoms with Crippen LogP contribution in [0.1, 0.15) is 11.6 Å². The predicted molar refractivity (Wildman–Crippen MR) is 75.4 cm³/mol. The fraction of sp³-hybridized carbons (Fsp3) is 0.500. The average molecular weight is 277 g/mol.